The van der Waals surface area contributed by atoms with E-state index >= 15 is 0 Å². The number of ketones is 1. The lowest BCUT2D eigenvalue weighted by Crippen LogP contribution is -2.29. The molecule has 1 fully saturated rings. The van der Waals surface area contributed by atoms with Gasteiger partial charge in [-0.3, -0.25) is 14.5 Å². The second-order valence-electron chi connectivity index (χ2n) is 7.29. The fourth-order valence-electron chi connectivity index (χ4n) is 3.77. The molecule has 1 heterocycles. The number of aliphatic hydroxyl groups excluding tert-OH is 1. The normalized spacial score (nSPS) is 17.4. The summed E-state index contributed by atoms with van der Waals surface area (Å²) in [5, 5.41) is 20.9. The van der Waals surface area contributed by atoms with Crippen molar-refractivity contribution in [3.8, 4) is 11.5 Å². The van der Waals surface area contributed by atoms with Crippen molar-refractivity contribution in [2.75, 3.05) is 11.5 Å². The number of phenolic OH excluding ortho intramolecular Hbond substituents is 1. The van der Waals surface area contributed by atoms with Crippen molar-refractivity contribution in [3.05, 3.63) is 94.3 Å². The summed E-state index contributed by atoms with van der Waals surface area (Å²) in [7, 11) is 0. The molecule has 1 aliphatic rings. The third kappa shape index (κ3) is 4.03. The second-order valence-corrected chi connectivity index (χ2v) is 7.70. The van der Waals surface area contributed by atoms with Crippen LogP contribution in [0.15, 0.2) is 72.3 Å². The molecule has 8 heteroatoms. The Morgan fingerprint density at radius 1 is 1.09 bits per heavy atom. The molecule has 3 aromatic carbocycles. The Balaban J connectivity index is 1.97. The van der Waals surface area contributed by atoms with Gasteiger partial charge < -0.3 is 14.9 Å². The summed E-state index contributed by atoms with van der Waals surface area (Å²) in [5.74, 6) is -2.83. The highest BCUT2D eigenvalue weighted by Gasteiger charge is 2.47. The molecule has 0 radical (unpaired) electrons. The van der Waals surface area contributed by atoms with Crippen LogP contribution < -0.4 is 9.64 Å². The van der Waals surface area contributed by atoms with E-state index in [9.17, 15) is 24.2 Å². The minimum absolute atomic E-state index is 0.120. The Morgan fingerprint density at radius 2 is 1.82 bits per heavy atom. The van der Waals surface area contributed by atoms with Gasteiger partial charge in [0.05, 0.1) is 23.2 Å². The zero-order valence-corrected chi connectivity index (χ0v) is 18.2. The number of amides is 1. The van der Waals surface area contributed by atoms with E-state index in [4.69, 9.17) is 16.3 Å². The van der Waals surface area contributed by atoms with Crippen LogP contribution in [0.4, 0.5) is 10.1 Å². The van der Waals surface area contributed by atoms with Crippen molar-refractivity contribution in [1.29, 1.82) is 0 Å². The second kappa shape index (κ2) is 8.96. The van der Waals surface area contributed by atoms with Crippen LogP contribution in [0.25, 0.3) is 5.76 Å². The number of anilines is 1. The number of halogens is 2. The van der Waals surface area contributed by atoms with Gasteiger partial charge in [-0.05, 0) is 42.8 Å². The third-order valence-electron chi connectivity index (χ3n) is 5.27. The average Bonchev–Trinajstić information content (AvgIpc) is 3.08. The lowest BCUT2D eigenvalue weighted by Gasteiger charge is -2.26. The fraction of sp³-hybridized carbons (Fsp3) is 0.120. The molecule has 0 bridgehead atoms. The minimum Gasteiger partial charge on any atom is -0.507 e. The van der Waals surface area contributed by atoms with Crippen LogP contribution in [0.5, 0.6) is 11.5 Å². The highest BCUT2D eigenvalue weighted by molar-refractivity contribution is 6.51. The van der Waals surface area contributed by atoms with Crippen molar-refractivity contribution in [2.24, 2.45) is 0 Å². The van der Waals surface area contributed by atoms with E-state index in [1.165, 1.54) is 30.3 Å². The molecule has 0 aliphatic carbocycles. The van der Waals surface area contributed by atoms with Crippen molar-refractivity contribution in [2.45, 2.75) is 13.0 Å². The summed E-state index contributed by atoms with van der Waals surface area (Å²) in [5.41, 5.74) is 0.765. The summed E-state index contributed by atoms with van der Waals surface area (Å²) in [6.07, 6.45) is 0. The van der Waals surface area contributed by atoms with Crippen molar-refractivity contribution >= 4 is 34.7 Å². The summed E-state index contributed by atoms with van der Waals surface area (Å²) >= 11 is 5.94. The van der Waals surface area contributed by atoms with Gasteiger partial charge in [-0.1, -0.05) is 48.0 Å². The van der Waals surface area contributed by atoms with Gasteiger partial charge in [-0.15, -0.1) is 0 Å². The van der Waals surface area contributed by atoms with E-state index in [2.05, 4.69) is 0 Å². The number of aliphatic hydroxyl groups is 1. The highest BCUT2D eigenvalue weighted by Crippen LogP contribution is 2.44. The van der Waals surface area contributed by atoms with Gasteiger partial charge in [-0.2, -0.15) is 0 Å². The van der Waals surface area contributed by atoms with E-state index < -0.39 is 23.5 Å². The van der Waals surface area contributed by atoms with Crippen LogP contribution in [-0.2, 0) is 9.59 Å². The highest BCUT2D eigenvalue weighted by atomic mass is 35.5. The monoisotopic (exact) mass is 467 g/mol. The standard InChI is InChI=1S/C25H19ClFNO5/c1-2-33-20-12-15(8-11-19(20)29)22-21(23(30)14-6-4-3-5-7-14)24(31)25(32)28(22)16-9-10-18(27)17(26)13-16/h3-13,22,29-30H,2H2,1H3/b23-21+. The summed E-state index contributed by atoms with van der Waals surface area (Å²) in [6.45, 7) is 2.02. The maximum absolute atomic E-state index is 13.8. The van der Waals surface area contributed by atoms with Crippen molar-refractivity contribution in [3.63, 3.8) is 0 Å². The number of carbonyl (C=O) groups excluding carboxylic acids is 2. The van der Waals surface area contributed by atoms with Gasteiger partial charge >= 0.3 is 0 Å². The van der Waals surface area contributed by atoms with E-state index in [1.807, 2.05) is 0 Å². The fourth-order valence-corrected chi connectivity index (χ4v) is 3.95. The molecule has 168 valence electrons. The van der Waals surface area contributed by atoms with Crippen molar-refractivity contribution in [1.82, 2.24) is 0 Å². The molecule has 1 aliphatic heterocycles. The Morgan fingerprint density at radius 3 is 2.48 bits per heavy atom. The van der Waals surface area contributed by atoms with E-state index in [-0.39, 0.29) is 40.1 Å². The minimum atomic E-state index is -1.08. The van der Waals surface area contributed by atoms with Crippen LogP contribution in [0.3, 0.4) is 0 Å². The number of aromatic hydroxyl groups is 1. The van der Waals surface area contributed by atoms with Gasteiger partial charge in [0.25, 0.3) is 11.7 Å². The number of Topliss-reactive ketones (excluding diaryl/α,β-unsaturated/α-hetero) is 1. The van der Waals surface area contributed by atoms with Gasteiger partial charge in [0, 0.05) is 11.3 Å². The number of phenols is 1. The molecule has 0 saturated carbocycles. The lowest BCUT2D eigenvalue weighted by molar-refractivity contribution is -0.132. The van der Waals surface area contributed by atoms with Gasteiger partial charge in [-0.25, -0.2) is 4.39 Å². The number of carbonyl (C=O) groups is 2. The third-order valence-corrected chi connectivity index (χ3v) is 5.56. The van der Waals surface area contributed by atoms with Crippen LogP contribution >= 0.6 is 11.6 Å². The molecule has 0 aromatic heterocycles. The lowest BCUT2D eigenvalue weighted by atomic mass is 9.94. The molecule has 1 atom stereocenters. The first-order valence-corrected chi connectivity index (χ1v) is 10.5. The van der Waals surface area contributed by atoms with Crippen LogP contribution in [0.2, 0.25) is 5.02 Å². The first-order chi connectivity index (χ1) is 15.8. The maximum Gasteiger partial charge on any atom is 0.300 e. The molecule has 6 nitrogen and oxygen atoms in total. The molecular formula is C25H19ClFNO5. The molecular weight excluding hydrogens is 449 g/mol. The zero-order valence-electron chi connectivity index (χ0n) is 17.5. The van der Waals surface area contributed by atoms with Gasteiger partial charge in [0.15, 0.2) is 11.5 Å². The van der Waals surface area contributed by atoms with Crippen LogP contribution in [0.1, 0.15) is 24.1 Å². The summed E-state index contributed by atoms with van der Waals surface area (Å²) < 4.78 is 19.3. The molecule has 0 spiro atoms. The quantitative estimate of drug-likeness (QED) is 0.305. The van der Waals surface area contributed by atoms with Crippen molar-refractivity contribution < 1.29 is 28.9 Å². The molecule has 3 aromatic rings. The smallest absolute Gasteiger partial charge is 0.300 e. The molecule has 1 amide bonds. The topological polar surface area (TPSA) is 87.1 Å². The Labute approximate surface area is 194 Å². The van der Waals surface area contributed by atoms with E-state index in [0.717, 1.165) is 11.0 Å². The Bertz CT molecular complexity index is 1280. The first kappa shape index (κ1) is 22.4. The maximum atomic E-state index is 13.8. The number of benzene rings is 3. The summed E-state index contributed by atoms with van der Waals surface area (Å²) in [6, 6.07) is 15.3. The number of ether oxygens (including phenoxy) is 1. The molecule has 2 N–H and O–H groups in total. The van der Waals surface area contributed by atoms with Crippen LogP contribution in [-0.4, -0.2) is 28.5 Å². The van der Waals surface area contributed by atoms with E-state index in [0.29, 0.717) is 11.1 Å². The molecule has 4 rings (SSSR count). The van der Waals surface area contributed by atoms with Gasteiger partial charge in [0.2, 0.25) is 0 Å². The number of hydrogen-bond acceptors (Lipinski definition) is 5. The predicted molar refractivity (Wildman–Crippen MR) is 122 cm³/mol. The average molecular weight is 468 g/mol. The van der Waals surface area contributed by atoms with E-state index in [1.54, 1.807) is 37.3 Å². The number of rotatable bonds is 5. The van der Waals surface area contributed by atoms with Gasteiger partial charge in [0.1, 0.15) is 11.6 Å². The van der Waals surface area contributed by atoms with Crippen LogP contribution in [0, 0.1) is 5.82 Å². The number of hydrogen-bond donors (Lipinski definition) is 2. The Kier molecular flexibility index (Phi) is 6.07. The summed E-state index contributed by atoms with van der Waals surface area (Å²) in [4.78, 5) is 27.4. The largest absolute Gasteiger partial charge is 0.507 e. The zero-order chi connectivity index (χ0) is 23.7. The Hall–Kier alpha value is -3.84. The molecule has 1 saturated heterocycles. The SMILES string of the molecule is CCOc1cc(C2/C(=C(\O)c3ccccc3)C(=O)C(=O)N2c2ccc(F)c(Cl)c2)ccc1O. The molecule has 33 heavy (non-hydrogen) atoms. The first-order valence-electron chi connectivity index (χ1n) is 10.1. The number of nitrogens with zero attached hydrogens (tertiary/aromatic N) is 1. The predicted octanol–water partition coefficient (Wildman–Crippen LogP) is 5.21. The molecule has 1 unspecified atom stereocenters.